The lowest BCUT2D eigenvalue weighted by molar-refractivity contribution is -0.115. The highest BCUT2D eigenvalue weighted by Crippen LogP contribution is 2.24. The minimum Gasteiger partial charge on any atom is -0.331 e. The van der Waals surface area contributed by atoms with Crippen LogP contribution in [0.2, 0.25) is 5.02 Å². The third kappa shape index (κ3) is 3.80. The Kier molecular flexibility index (Phi) is 4.49. The Morgan fingerprint density at radius 3 is 3.04 bits per heavy atom. The number of thioether (sulfide) groups is 1. The normalized spacial score (nSPS) is 12.3. The van der Waals surface area contributed by atoms with Gasteiger partial charge >= 0.3 is 0 Å². The largest absolute Gasteiger partial charge is 0.331 e. The number of hydrogen-bond donors (Lipinski definition) is 2. The van der Waals surface area contributed by atoms with Gasteiger partial charge in [0, 0.05) is 11.9 Å². The molecule has 1 atom stereocenters. The lowest BCUT2D eigenvalue weighted by atomic mass is 10.3. The second-order valence-corrected chi connectivity index (χ2v) is 6.59. The standard InChI is InChI=1S/C15H12ClFN4OS/c1-8(14(22)19-11-4-2-3-10(17)6-11)23-15-20-12-5-9(16)7-18-13(12)21-15/h2-8H,1H3,(H,19,22)(H,18,20,21)/t8-/m1/s1. The van der Waals surface area contributed by atoms with E-state index in [0.29, 0.717) is 27.0 Å². The summed E-state index contributed by atoms with van der Waals surface area (Å²) >= 11 is 7.13. The van der Waals surface area contributed by atoms with Crippen molar-refractivity contribution in [2.24, 2.45) is 0 Å². The van der Waals surface area contributed by atoms with Crippen LogP contribution in [0.15, 0.2) is 41.7 Å². The Labute approximate surface area is 140 Å². The number of pyridine rings is 1. The van der Waals surface area contributed by atoms with E-state index < -0.39 is 11.1 Å². The van der Waals surface area contributed by atoms with Gasteiger partial charge in [0.05, 0.1) is 15.8 Å². The average molecular weight is 351 g/mol. The molecule has 3 aromatic rings. The van der Waals surface area contributed by atoms with Crippen molar-refractivity contribution in [2.75, 3.05) is 5.32 Å². The predicted molar refractivity (Wildman–Crippen MR) is 89.2 cm³/mol. The number of aromatic amines is 1. The Hall–Kier alpha value is -2.12. The van der Waals surface area contributed by atoms with Gasteiger partial charge in [-0.25, -0.2) is 14.4 Å². The lowest BCUT2D eigenvalue weighted by Gasteiger charge is -2.10. The monoisotopic (exact) mass is 350 g/mol. The maximum atomic E-state index is 13.1. The highest BCUT2D eigenvalue weighted by atomic mass is 35.5. The molecule has 118 valence electrons. The van der Waals surface area contributed by atoms with Crippen molar-refractivity contribution in [3.63, 3.8) is 0 Å². The number of amides is 1. The van der Waals surface area contributed by atoms with Crippen molar-refractivity contribution < 1.29 is 9.18 Å². The fourth-order valence-electron chi connectivity index (χ4n) is 1.94. The van der Waals surface area contributed by atoms with Gasteiger partial charge in [0.15, 0.2) is 10.8 Å². The summed E-state index contributed by atoms with van der Waals surface area (Å²) in [4.78, 5) is 23.6. The van der Waals surface area contributed by atoms with Crippen LogP contribution in [0, 0.1) is 5.82 Å². The number of aromatic nitrogens is 3. The number of hydrogen-bond acceptors (Lipinski definition) is 4. The smallest absolute Gasteiger partial charge is 0.237 e. The number of anilines is 1. The first-order valence-corrected chi connectivity index (χ1v) is 8.01. The van der Waals surface area contributed by atoms with Gasteiger partial charge in [-0.3, -0.25) is 4.79 Å². The van der Waals surface area contributed by atoms with Crippen LogP contribution in [0.3, 0.4) is 0 Å². The van der Waals surface area contributed by atoms with Gasteiger partial charge < -0.3 is 10.3 Å². The molecule has 2 aromatic heterocycles. The topological polar surface area (TPSA) is 70.7 Å². The first-order chi connectivity index (χ1) is 11.0. The molecule has 0 aliphatic carbocycles. The molecule has 0 saturated heterocycles. The number of carbonyl (C=O) groups excluding carboxylic acids is 1. The van der Waals surface area contributed by atoms with Crippen molar-refractivity contribution in [1.82, 2.24) is 15.0 Å². The fraction of sp³-hybridized carbons (Fsp3) is 0.133. The Morgan fingerprint density at radius 2 is 2.26 bits per heavy atom. The van der Waals surface area contributed by atoms with Gasteiger partial charge in [-0.15, -0.1) is 0 Å². The number of carbonyl (C=O) groups is 1. The SMILES string of the molecule is C[C@@H](Sc1nc2ncc(Cl)cc2[nH]1)C(=O)Nc1cccc(F)c1. The fourth-order valence-corrected chi connectivity index (χ4v) is 2.91. The molecule has 5 nitrogen and oxygen atoms in total. The maximum absolute atomic E-state index is 13.1. The third-order valence-electron chi connectivity index (χ3n) is 3.03. The molecule has 0 aliphatic heterocycles. The molecule has 2 heterocycles. The Bertz CT molecular complexity index is 870. The summed E-state index contributed by atoms with van der Waals surface area (Å²) < 4.78 is 13.1. The van der Waals surface area contributed by atoms with Crippen LogP contribution in [0.25, 0.3) is 11.2 Å². The van der Waals surface area contributed by atoms with Gasteiger partial charge in [0.25, 0.3) is 0 Å². The number of halogens is 2. The van der Waals surface area contributed by atoms with Crippen LogP contribution in [0.5, 0.6) is 0 Å². The third-order valence-corrected chi connectivity index (χ3v) is 4.22. The van der Waals surface area contributed by atoms with Crippen LogP contribution in [-0.2, 0) is 4.79 Å². The van der Waals surface area contributed by atoms with Gasteiger partial charge in [-0.05, 0) is 31.2 Å². The predicted octanol–water partition coefficient (Wildman–Crippen LogP) is 3.87. The summed E-state index contributed by atoms with van der Waals surface area (Å²) in [6.45, 7) is 1.74. The van der Waals surface area contributed by atoms with E-state index in [4.69, 9.17) is 11.6 Å². The molecule has 1 aromatic carbocycles. The molecule has 0 saturated carbocycles. The number of H-pyrrole nitrogens is 1. The molecule has 3 rings (SSSR count). The minimum absolute atomic E-state index is 0.243. The number of rotatable bonds is 4. The second-order valence-electron chi connectivity index (χ2n) is 4.83. The first kappa shape index (κ1) is 15.8. The highest BCUT2D eigenvalue weighted by molar-refractivity contribution is 8.00. The Morgan fingerprint density at radius 1 is 1.43 bits per heavy atom. The summed E-state index contributed by atoms with van der Waals surface area (Å²) in [6, 6.07) is 7.48. The summed E-state index contributed by atoms with van der Waals surface area (Å²) in [5.41, 5.74) is 1.66. The molecule has 0 spiro atoms. The van der Waals surface area contributed by atoms with Gasteiger partial charge in [0.2, 0.25) is 5.91 Å². The van der Waals surface area contributed by atoms with Gasteiger partial charge in [-0.2, -0.15) is 0 Å². The van der Waals surface area contributed by atoms with E-state index in [1.54, 1.807) is 19.1 Å². The number of nitrogens with one attached hydrogen (secondary N) is 2. The average Bonchev–Trinajstić information content (AvgIpc) is 2.88. The van der Waals surface area contributed by atoms with Gasteiger partial charge in [0.1, 0.15) is 5.82 Å². The van der Waals surface area contributed by atoms with Crippen molar-refractivity contribution >= 4 is 46.1 Å². The number of imidazole rings is 1. The number of nitrogens with zero attached hydrogens (tertiary/aromatic N) is 2. The summed E-state index contributed by atoms with van der Waals surface area (Å²) in [6.07, 6.45) is 1.51. The van der Waals surface area contributed by atoms with Crippen LogP contribution >= 0.6 is 23.4 Å². The van der Waals surface area contributed by atoms with Crippen LogP contribution in [-0.4, -0.2) is 26.1 Å². The van der Waals surface area contributed by atoms with Gasteiger partial charge in [-0.1, -0.05) is 29.4 Å². The molecule has 23 heavy (non-hydrogen) atoms. The maximum Gasteiger partial charge on any atom is 0.237 e. The quantitative estimate of drug-likeness (QED) is 0.701. The van der Waals surface area contributed by atoms with Crippen molar-refractivity contribution in [3.05, 3.63) is 47.4 Å². The van der Waals surface area contributed by atoms with E-state index in [9.17, 15) is 9.18 Å². The number of benzene rings is 1. The molecular formula is C15H12ClFN4OS. The van der Waals surface area contributed by atoms with Crippen molar-refractivity contribution in [2.45, 2.75) is 17.3 Å². The molecule has 1 amide bonds. The summed E-state index contributed by atoms with van der Waals surface area (Å²) in [5.74, 6) is -0.643. The zero-order valence-corrected chi connectivity index (χ0v) is 13.6. The number of fused-ring (bicyclic) bond motifs is 1. The lowest BCUT2D eigenvalue weighted by Crippen LogP contribution is -2.22. The van der Waals surface area contributed by atoms with Crippen LogP contribution in [0.1, 0.15) is 6.92 Å². The van der Waals surface area contributed by atoms with Crippen LogP contribution < -0.4 is 5.32 Å². The zero-order chi connectivity index (χ0) is 16.4. The van der Waals surface area contributed by atoms with E-state index >= 15 is 0 Å². The Balaban J connectivity index is 1.69. The minimum atomic E-state index is -0.422. The molecule has 2 N–H and O–H groups in total. The van der Waals surface area contributed by atoms with E-state index in [0.717, 1.165) is 0 Å². The molecule has 8 heteroatoms. The second kappa shape index (κ2) is 6.55. The summed E-state index contributed by atoms with van der Waals surface area (Å²) in [5, 5.41) is 3.32. The first-order valence-electron chi connectivity index (χ1n) is 6.75. The molecule has 0 radical (unpaired) electrons. The molecule has 0 unspecified atom stereocenters. The van der Waals surface area contributed by atoms with Crippen LogP contribution in [0.4, 0.5) is 10.1 Å². The van der Waals surface area contributed by atoms with Crippen molar-refractivity contribution in [1.29, 1.82) is 0 Å². The molecule has 0 fully saturated rings. The summed E-state index contributed by atoms with van der Waals surface area (Å²) in [7, 11) is 0. The highest BCUT2D eigenvalue weighted by Gasteiger charge is 2.17. The molecule has 0 bridgehead atoms. The van der Waals surface area contributed by atoms with E-state index in [1.807, 2.05) is 0 Å². The molecular weight excluding hydrogens is 339 g/mol. The zero-order valence-electron chi connectivity index (χ0n) is 12.0. The van der Waals surface area contributed by atoms with E-state index in [-0.39, 0.29) is 5.91 Å². The molecule has 0 aliphatic rings. The van der Waals surface area contributed by atoms with E-state index in [1.165, 1.54) is 36.2 Å². The van der Waals surface area contributed by atoms with E-state index in [2.05, 4.69) is 20.3 Å². The van der Waals surface area contributed by atoms with Crippen molar-refractivity contribution in [3.8, 4) is 0 Å².